The Kier molecular flexibility index (Phi) is 22.8. The van der Waals surface area contributed by atoms with Gasteiger partial charge in [-0.05, 0) is 12.8 Å². The van der Waals surface area contributed by atoms with E-state index >= 15 is 0 Å². The van der Waals surface area contributed by atoms with Crippen LogP contribution >= 0.6 is 0 Å². The van der Waals surface area contributed by atoms with Crippen molar-refractivity contribution in [1.29, 1.82) is 0 Å². The third-order valence-corrected chi connectivity index (χ3v) is 4.22. The molecule has 0 bridgehead atoms. The SMILES string of the molecule is CCCCCCCCCCCC(=O)[O-].C[CH2][Al+][CH2]C. The molecule has 0 N–H and O–H groups in total. The number of unbranched alkanes of at least 4 members (excludes halogenated alkanes) is 8. The summed E-state index contributed by atoms with van der Waals surface area (Å²) in [7, 11) is 0. The normalized spacial score (nSPS) is 9.42. The minimum absolute atomic E-state index is 0.232. The third kappa shape index (κ3) is 27.3. The number of carbonyl (C=O) groups excluding carboxylic acids is 1. The van der Waals surface area contributed by atoms with Crippen LogP contribution in [0.1, 0.15) is 85.0 Å². The second kappa shape index (κ2) is 20.3. The van der Waals surface area contributed by atoms with Gasteiger partial charge in [-0.1, -0.05) is 58.3 Å². The van der Waals surface area contributed by atoms with Crippen LogP contribution in [0.15, 0.2) is 0 Å². The van der Waals surface area contributed by atoms with Crippen LogP contribution in [0, 0.1) is 0 Å². The molecule has 0 rings (SSSR count). The minimum atomic E-state index is -0.909. The maximum atomic E-state index is 10.1. The number of hydrogen-bond acceptors (Lipinski definition) is 2. The Bertz CT molecular complexity index is 170. The Hall–Kier alpha value is 0.00247. The molecule has 0 unspecified atom stereocenters. The summed E-state index contributed by atoms with van der Waals surface area (Å²) in [5, 5.41) is 12.9. The molecule has 3 heteroatoms. The van der Waals surface area contributed by atoms with E-state index in [9.17, 15) is 9.90 Å². The van der Waals surface area contributed by atoms with Crippen molar-refractivity contribution >= 4 is 21.2 Å². The van der Waals surface area contributed by atoms with Gasteiger partial charge in [0.05, 0.1) is 0 Å². The average molecular weight is 284 g/mol. The van der Waals surface area contributed by atoms with Gasteiger partial charge in [-0.2, -0.15) is 0 Å². The number of hydrogen-bond donors (Lipinski definition) is 0. The molecule has 0 aliphatic rings. The van der Waals surface area contributed by atoms with E-state index in [0.717, 1.165) is 28.1 Å². The molecule has 0 saturated carbocycles. The Balaban J connectivity index is 0. The molecule has 0 amide bonds. The van der Waals surface area contributed by atoms with Crippen molar-refractivity contribution in [3.05, 3.63) is 0 Å². The van der Waals surface area contributed by atoms with Crippen LogP contribution in [0.2, 0.25) is 10.6 Å². The van der Waals surface area contributed by atoms with Gasteiger partial charge in [0.2, 0.25) is 0 Å². The van der Waals surface area contributed by atoms with Crippen LogP contribution in [0.25, 0.3) is 0 Å². The number of carboxylic acids is 1. The van der Waals surface area contributed by atoms with E-state index < -0.39 is 5.97 Å². The molecule has 0 aromatic carbocycles. The van der Waals surface area contributed by atoms with Crippen LogP contribution in [0.4, 0.5) is 0 Å². The second-order valence-electron chi connectivity index (χ2n) is 5.06. The van der Waals surface area contributed by atoms with Gasteiger partial charge in [0, 0.05) is 5.97 Å². The summed E-state index contributed by atoms with van der Waals surface area (Å²) < 4.78 is 0. The van der Waals surface area contributed by atoms with E-state index in [1.165, 1.54) is 55.5 Å². The zero-order valence-electron chi connectivity index (χ0n) is 13.4. The number of carbonyl (C=O) groups is 1. The first-order chi connectivity index (χ1) is 9.18. The molecule has 2 nitrogen and oxygen atoms in total. The predicted octanol–water partition coefficient (Wildman–Crippen LogP) is 4.22. The molecule has 0 radical (unpaired) electrons. The van der Waals surface area contributed by atoms with Crippen molar-refractivity contribution in [3.8, 4) is 0 Å². The quantitative estimate of drug-likeness (QED) is 0.397. The maximum absolute atomic E-state index is 10.1. The van der Waals surface area contributed by atoms with Crippen molar-refractivity contribution < 1.29 is 9.90 Å². The molecule has 0 aromatic heterocycles. The molecule has 0 heterocycles. The van der Waals surface area contributed by atoms with Gasteiger partial charge in [0.1, 0.15) is 0 Å². The van der Waals surface area contributed by atoms with E-state index in [0.29, 0.717) is 0 Å². The molecule has 0 aromatic rings. The third-order valence-electron chi connectivity index (χ3n) is 3.06. The van der Waals surface area contributed by atoms with E-state index in [-0.39, 0.29) is 6.42 Å². The summed E-state index contributed by atoms with van der Waals surface area (Å²) in [4.78, 5) is 10.1. The predicted molar refractivity (Wildman–Crippen MR) is 83.6 cm³/mol. The van der Waals surface area contributed by atoms with Crippen LogP contribution in [0.5, 0.6) is 0 Å². The first-order valence-electron chi connectivity index (χ1n) is 8.20. The van der Waals surface area contributed by atoms with E-state index in [1.807, 2.05) is 0 Å². The molecule has 0 saturated heterocycles. The fourth-order valence-corrected chi connectivity index (χ4v) is 2.45. The van der Waals surface area contributed by atoms with Crippen molar-refractivity contribution in [2.75, 3.05) is 0 Å². The molecule has 0 atom stereocenters. The molecule has 0 aliphatic carbocycles. The Morgan fingerprint density at radius 2 is 1.21 bits per heavy atom. The van der Waals surface area contributed by atoms with Gasteiger partial charge in [0.25, 0.3) is 0 Å². The molecule has 0 aliphatic heterocycles. The summed E-state index contributed by atoms with van der Waals surface area (Å²) in [6.07, 6.45) is 11.2. The Morgan fingerprint density at radius 3 is 1.53 bits per heavy atom. The summed E-state index contributed by atoms with van der Waals surface area (Å²) in [5.41, 5.74) is 0. The van der Waals surface area contributed by atoms with E-state index in [2.05, 4.69) is 20.8 Å². The molecular weight excluding hydrogens is 251 g/mol. The van der Waals surface area contributed by atoms with Gasteiger partial charge in [-0.15, -0.1) is 0 Å². The van der Waals surface area contributed by atoms with Crippen LogP contribution in [-0.4, -0.2) is 21.2 Å². The summed E-state index contributed by atoms with van der Waals surface area (Å²) in [6.45, 7) is 6.72. The zero-order valence-corrected chi connectivity index (χ0v) is 14.5. The summed E-state index contributed by atoms with van der Waals surface area (Å²) >= 11 is 0.815. The number of rotatable bonds is 12. The first kappa shape index (κ1) is 21.3. The van der Waals surface area contributed by atoms with Crippen molar-refractivity contribution in [2.45, 2.75) is 95.5 Å². The van der Waals surface area contributed by atoms with Gasteiger partial charge < -0.3 is 9.90 Å². The Labute approximate surface area is 127 Å². The molecule has 0 fully saturated rings. The van der Waals surface area contributed by atoms with Gasteiger partial charge in [-0.25, -0.2) is 0 Å². The Morgan fingerprint density at radius 1 is 0.789 bits per heavy atom. The molecular formula is C16H33AlO2. The van der Waals surface area contributed by atoms with Gasteiger partial charge >= 0.3 is 39.6 Å². The van der Waals surface area contributed by atoms with Gasteiger partial charge in [0.15, 0.2) is 0 Å². The topological polar surface area (TPSA) is 40.1 Å². The number of aliphatic carboxylic acids is 1. The summed E-state index contributed by atoms with van der Waals surface area (Å²) in [5.74, 6) is -0.909. The first-order valence-corrected chi connectivity index (χ1v) is 9.83. The fourth-order valence-electron chi connectivity index (χ4n) is 1.87. The molecule has 0 spiro atoms. The van der Waals surface area contributed by atoms with Crippen molar-refractivity contribution in [2.24, 2.45) is 0 Å². The van der Waals surface area contributed by atoms with Crippen molar-refractivity contribution in [3.63, 3.8) is 0 Å². The zero-order chi connectivity index (χ0) is 14.8. The average Bonchev–Trinajstić information content (AvgIpc) is 2.38. The fraction of sp³-hybridized carbons (Fsp3) is 0.938. The van der Waals surface area contributed by atoms with Crippen molar-refractivity contribution in [1.82, 2.24) is 0 Å². The summed E-state index contributed by atoms with van der Waals surface area (Å²) in [6, 6.07) is 0. The number of carboxylic acid groups (broad SMARTS) is 1. The van der Waals surface area contributed by atoms with Crippen LogP contribution < -0.4 is 5.11 Å². The van der Waals surface area contributed by atoms with Crippen LogP contribution in [0.3, 0.4) is 0 Å². The standard InChI is InChI=1S/C12H24O2.2C2H5.Al/c1-2-3-4-5-6-7-8-9-10-11-12(13)14;2*1-2;/h2-11H2,1H3,(H,13,14);2*1H2,2H3;/q;;;+1/p-1. The van der Waals surface area contributed by atoms with E-state index in [4.69, 9.17) is 0 Å². The van der Waals surface area contributed by atoms with Crippen LogP contribution in [-0.2, 0) is 4.79 Å². The molecule has 19 heavy (non-hydrogen) atoms. The second-order valence-corrected chi connectivity index (χ2v) is 7.27. The monoisotopic (exact) mass is 284 g/mol. The van der Waals surface area contributed by atoms with E-state index in [1.54, 1.807) is 0 Å². The molecule has 112 valence electrons. The van der Waals surface area contributed by atoms with Gasteiger partial charge in [-0.3, -0.25) is 0 Å².